The Bertz CT molecular complexity index is 629. The third-order valence-electron chi connectivity index (χ3n) is 2.53. The highest BCUT2D eigenvalue weighted by molar-refractivity contribution is 8.02. The number of aromatic nitrogens is 2. The SMILES string of the molecule is C[C@@H](Sc1nnc(NCCc2cccs2)s1)C(=O)NC(N)=O. The third-order valence-corrected chi connectivity index (χ3v) is 5.53. The minimum absolute atomic E-state index is 0.445. The number of carbonyl (C=O) groups is 2. The van der Waals surface area contributed by atoms with Gasteiger partial charge in [0.1, 0.15) is 0 Å². The summed E-state index contributed by atoms with van der Waals surface area (Å²) in [5.41, 5.74) is 4.91. The first-order chi connectivity index (χ1) is 10.5. The van der Waals surface area contributed by atoms with Crippen LogP contribution in [0, 0.1) is 0 Å². The molecule has 0 fully saturated rings. The summed E-state index contributed by atoms with van der Waals surface area (Å²) < 4.78 is 0.658. The Morgan fingerprint density at radius 1 is 1.45 bits per heavy atom. The monoisotopic (exact) mass is 357 g/mol. The van der Waals surface area contributed by atoms with Crippen LogP contribution in [0.3, 0.4) is 0 Å². The van der Waals surface area contributed by atoms with E-state index in [-0.39, 0.29) is 0 Å². The van der Waals surface area contributed by atoms with Crippen molar-refractivity contribution in [2.45, 2.75) is 22.9 Å². The summed E-state index contributed by atoms with van der Waals surface area (Å²) in [5.74, 6) is -0.445. The number of thioether (sulfide) groups is 1. The van der Waals surface area contributed by atoms with Crippen molar-refractivity contribution in [1.82, 2.24) is 15.5 Å². The number of carbonyl (C=O) groups excluding carboxylic acids is 2. The van der Waals surface area contributed by atoms with Crippen LogP contribution in [0.2, 0.25) is 0 Å². The highest BCUT2D eigenvalue weighted by atomic mass is 32.2. The predicted octanol–water partition coefficient (Wildman–Crippen LogP) is 1.93. The van der Waals surface area contributed by atoms with Gasteiger partial charge in [0.25, 0.3) is 0 Å². The molecule has 3 amide bonds. The lowest BCUT2D eigenvalue weighted by atomic mass is 10.3. The van der Waals surface area contributed by atoms with E-state index >= 15 is 0 Å². The zero-order valence-electron chi connectivity index (χ0n) is 11.7. The summed E-state index contributed by atoms with van der Waals surface area (Å²) in [6, 6.07) is 3.26. The number of hydrogen-bond acceptors (Lipinski definition) is 8. The second kappa shape index (κ2) is 8.11. The number of rotatable bonds is 7. The molecule has 0 aliphatic carbocycles. The second-order valence-corrected chi connectivity index (χ2v) is 7.84. The predicted molar refractivity (Wildman–Crippen MR) is 89.5 cm³/mol. The third kappa shape index (κ3) is 5.28. The first kappa shape index (κ1) is 16.7. The van der Waals surface area contributed by atoms with Crippen LogP contribution in [0.25, 0.3) is 0 Å². The minimum atomic E-state index is -0.856. The summed E-state index contributed by atoms with van der Waals surface area (Å²) >= 11 is 4.33. The molecule has 0 aliphatic heterocycles. The van der Waals surface area contributed by atoms with Gasteiger partial charge in [-0.3, -0.25) is 10.1 Å². The van der Waals surface area contributed by atoms with Gasteiger partial charge in [0, 0.05) is 11.4 Å². The summed E-state index contributed by atoms with van der Waals surface area (Å²) in [6.45, 7) is 2.45. The molecule has 0 saturated heterocycles. The maximum Gasteiger partial charge on any atom is 0.318 e. The molecular formula is C12H15N5O2S3. The van der Waals surface area contributed by atoms with Crippen molar-refractivity contribution in [3.05, 3.63) is 22.4 Å². The van der Waals surface area contributed by atoms with Gasteiger partial charge < -0.3 is 11.1 Å². The van der Waals surface area contributed by atoms with Gasteiger partial charge in [0.2, 0.25) is 11.0 Å². The molecule has 0 unspecified atom stereocenters. The number of hydrogen-bond donors (Lipinski definition) is 3. The molecule has 4 N–H and O–H groups in total. The van der Waals surface area contributed by atoms with Crippen molar-refractivity contribution in [3.8, 4) is 0 Å². The lowest BCUT2D eigenvalue weighted by Crippen LogP contribution is -2.39. The molecule has 118 valence electrons. The topological polar surface area (TPSA) is 110 Å². The number of nitrogens with two attached hydrogens (primary N) is 1. The lowest BCUT2D eigenvalue weighted by molar-refractivity contribution is -0.119. The van der Waals surface area contributed by atoms with Gasteiger partial charge in [0.15, 0.2) is 4.34 Å². The highest BCUT2D eigenvalue weighted by Crippen LogP contribution is 2.28. The molecule has 0 aromatic carbocycles. The van der Waals surface area contributed by atoms with Crippen LogP contribution >= 0.6 is 34.4 Å². The van der Waals surface area contributed by atoms with Crippen LogP contribution in [0.4, 0.5) is 9.93 Å². The van der Waals surface area contributed by atoms with Gasteiger partial charge in [-0.1, -0.05) is 29.2 Å². The van der Waals surface area contributed by atoms with E-state index in [1.54, 1.807) is 18.3 Å². The molecule has 7 nitrogen and oxygen atoms in total. The van der Waals surface area contributed by atoms with Crippen molar-refractivity contribution >= 4 is 51.5 Å². The molecule has 2 aromatic rings. The number of urea groups is 1. The quantitative estimate of drug-likeness (QED) is 0.653. The van der Waals surface area contributed by atoms with E-state index in [1.165, 1.54) is 28.0 Å². The summed E-state index contributed by atoms with van der Waals surface area (Å²) in [5, 5.41) is 15.6. The van der Waals surface area contributed by atoms with E-state index < -0.39 is 17.2 Å². The Morgan fingerprint density at radius 2 is 2.27 bits per heavy atom. The molecule has 0 radical (unpaired) electrons. The van der Waals surface area contributed by atoms with Gasteiger partial charge in [-0.15, -0.1) is 21.5 Å². The molecule has 2 heterocycles. The zero-order valence-corrected chi connectivity index (χ0v) is 14.2. The maximum absolute atomic E-state index is 11.6. The summed E-state index contributed by atoms with van der Waals surface area (Å²) in [7, 11) is 0. The molecule has 10 heteroatoms. The fourth-order valence-electron chi connectivity index (χ4n) is 1.50. The zero-order chi connectivity index (χ0) is 15.9. The fraction of sp³-hybridized carbons (Fsp3) is 0.333. The number of nitrogens with one attached hydrogen (secondary N) is 2. The first-order valence-electron chi connectivity index (χ1n) is 6.41. The number of anilines is 1. The van der Waals surface area contributed by atoms with Crippen molar-refractivity contribution < 1.29 is 9.59 Å². The van der Waals surface area contributed by atoms with E-state index in [0.717, 1.165) is 13.0 Å². The number of amides is 3. The Balaban J connectivity index is 1.78. The first-order valence-corrected chi connectivity index (χ1v) is 8.99. The molecule has 1 atom stereocenters. The van der Waals surface area contributed by atoms with Crippen molar-refractivity contribution in [2.24, 2.45) is 5.73 Å². The smallest absolute Gasteiger partial charge is 0.318 e. The molecule has 0 spiro atoms. The molecule has 0 saturated carbocycles. The molecule has 0 bridgehead atoms. The Kier molecular flexibility index (Phi) is 6.16. The van der Waals surface area contributed by atoms with Crippen LogP contribution in [-0.4, -0.2) is 33.9 Å². The van der Waals surface area contributed by atoms with Crippen LogP contribution in [-0.2, 0) is 11.2 Å². The molecular weight excluding hydrogens is 342 g/mol. The molecule has 2 aromatic heterocycles. The second-order valence-electron chi connectivity index (χ2n) is 4.24. The van der Waals surface area contributed by atoms with Crippen molar-refractivity contribution in [2.75, 3.05) is 11.9 Å². The van der Waals surface area contributed by atoms with Gasteiger partial charge in [0.05, 0.1) is 5.25 Å². The fourth-order valence-corrected chi connectivity index (χ4v) is 4.13. The number of imide groups is 1. The molecule has 22 heavy (non-hydrogen) atoms. The van der Waals surface area contributed by atoms with E-state index in [2.05, 4.69) is 21.6 Å². The van der Waals surface area contributed by atoms with Gasteiger partial charge in [-0.25, -0.2) is 4.79 Å². The number of primary amides is 1. The van der Waals surface area contributed by atoms with Crippen molar-refractivity contribution in [1.29, 1.82) is 0 Å². The summed E-state index contributed by atoms with van der Waals surface area (Å²) in [6.07, 6.45) is 0.928. The normalized spacial score (nSPS) is 11.9. The standard InChI is InChI=1S/C12H15N5O2S3/c1-7(9(18)15-10(13)19)21-12-17-16-11(22-12)14-5-4-8-3-2-6-20-8/h2-3,6-7H,4-5H2,1H3,(H,14,16)(H3,13,15,18,19)/t7-/m1/s1. The number of thiophene rings is 1. The van der Waals surface area contributed by atoms with E-state index in [0.29, 0.717) is 9.47 Å². The number of nitrogens with zero attached hydrogens (tertiary/aromatic N) is 2. The average molecular weight is 357 g/mol. The summed E-state index contributed by atoms with van der Waals surface area (Å²) in [4.78, 5) is 23.5. The minimum Gasteiger partial charge on any atom is -0.360 e. The van der Waals surface area contributed by atoms with Crippen LogP contribution in [0.5, 0.6) is 0 Å². The van der Waals surface area contributed by atoms with Gasteiger partial charge >= 0.3 is 6.03 Å². The van der Waals surface area contributed by atoms with Crippen LogP contribution in [0.1, 0.15) is 11.8 Å². The van der Waals surface area contributed by atoms with Crippen LogP contribution < -0.4 is 16.4 Å². The lowest BCUT2D eigenvalue weighted by Gasteiger charge is -2.06. The Morgan fingerprint density at radius 3 is 2.95 bits per heavy atom. The van der Waals surface area contributed by atoms with Crippen molar-refractivity contribution in [3.63, 3.8) is 0 Å². The Labute approximate surface area is 139 Å². The largest absolute Gasteiger partial charge is 0.360 e. The van der Waals surface area contributed by atoms with Crippen LogP contribution in [0.15, 0.2) is 21.9 Å². The molecule has 2 rings (SSSR count). The van der Waals surface area contributed by atoms with Gasteiger partial charge in [-0.05, 0) is 24.8 Å². The Hall–Kier alpha value is -1.65. The molecule has 0 aliphatic rings. The van der Waals surface area contributed by atoms with E-state index in [4.69, 9.17) is 5.73 Å². The average Bonchev–Trinajstić information content (AvgIpc) is 3.10. The van der Waals surface area contributed by atoms with E-state index in [9.17, 15) is 9.59 Å². The van der Waals surface area contributed by atoms with Gasteiger partial charge in [-0.2, -0.15) is 0 Å². The highest BCUT2D eigenvalue weighted by Gasteiger charge is 2.18. The maximum atomic E-state index is 11.6. The van der Waals surface area contributed by atoms with E-state index in [1.807, 2.05) is 16.8 Å².